The lowest BCUT2D eigenvalue weighted by molar-refractivity contribution is -0.0712. The van der Waals surface area contributed by atoms with E-state index in [-0.39, 0.29) is 18.4 Å². The third kappa shape index (κ3) is 4.97. The average molecular weight is 463 g/mol. The second kappa shape index (κ2) is 7.75. The number of aromatic nitrogens is 5. The van der Waals surface area contributed by atoms with Gasteiger partial charge in [-0.1, -0.05) is 0 Å². The standard InChI is InChI=1S/C22H28F2N6O3/c1-20(2,3)32-18-13(10-26-19(27-18)33-21(4,5)6)14-9-15(17-25-7-8-30(17)28-14)29-11-16(31)22(23,24)12-29/h7-10,16,31H,11-12H2,1-6H3/t16-/m0/s1. The van der Waals surface area contributed by atoms with Crippen molar-refractivity contribution in [3.05, 3.63) is 24.7 Å². The first-order valence-corrected chi connectivity index (χ1v) is 10.6. The highest BCUT2D eigenvalue weighted by molar-refractivity contribution is 5.76. The third-order valence-electron chi connectivity index (χ3n) is 4.77. The van der Waals surface area contributed by atoms with Gasteiger partial charge in [-0.05, 0) is 47.6 Å². The summed E-state index contributed by atoms with van der Waals surface area (Å²) in [5, 5.41) is 14.4. The van der Waals surface area contributed by atoms with E-state index >= 15 is 0 Å². The highest BCUT2D eigenvalue weighted by Gasteiger charge is 2.48. The minimum atomic E-state index is -3.22. The summed E-state index contributed by atoms with van der Waals surface area (Å²) in [6.45, 7) is 10.5. The zero-order valence-corrected chi connectivity index (χ0v) is 19.5. The molecule has 4 rings (SSSR count). The predicted molar refractivity (Wildman–Crippen MR) is 118 cm³/mol. The minimum Gasteiger partial charge on any atom is -0.471 e. The molecule has 9 nitrogen and oxygen atoms in total. The Morgan fingerprint density at radius 3 is 2.39 bits per heavy atom. The molecule has 33 heavy (non-hydrogen) atoms. The van der Waals surface area contributed by atoms with Gasteiger partial charge >= 0.3 is 6.01 Å². The highest BCUT2D eigenvalue weighted by atomic mass is 19.3. The van der Waals surface area contributed by atoms with E-state index in [1.807, 2.05) is 41.5 Å². The number of halogens is 2. The molecule has 11 heteroatoms. The molecule has 1 N–H and O–H groups in total. The molecule has 0 aromatic carbocycles. The lowest BCUT2D eigenvalue weighted by atomic mass is 10.1. The summed E-state index contributed by atoms with van der Waals surface area (Å²) in [6.07, 6.45) is 2.93. The maximum Gasteiger partial charge on any atom is 0.320 e. The molecule has 0 bridgehead atoms. The van der Waals surface area contributed by atoms with Crippen molar-refractivity contribution in [3.8, 4) is 23.1 Å². The number of fused-ring (bicyclic) bond motifs is 1. The molecule has 0 radical (unpaired) electrons. The Morgan fingerprint density at radius 2 is 1.79 bits per heavy atom. The first-order chi connectivity index (χ1) is 15.2. The molecule has 1 saturated heterocycles. The van der Waals surface area contributed by atoms with Crippen LogP contribution in [0, 0.1) is 0 Å². The summed E-state index contributed by atoms with van der Waals surface area (Å²) < 4.78 is 41.5. The Bertz CT molecular complexity index is 1170. The van der Waals surface area contributed by atoms with Crippen molar-refractivity contribution in [1.82, 2.24) is 24.6 Å². The monoisotopic (exact) mass is 462 g/mol. The molecule has 3 aromatic rings. The number of rotatable bonds is 4. The molecule has 1 aliphatic rings. The van der Waals surface area contributed by atoms with Crippen LogP contribution in [0.3, 0.4) is 0 Å². The number of imidazole rings is 1. The van der Waals surface area contributed by atoms with Crippen LogP contribution in [-0.2, 0) is 0 Å². The van der Waals surface area contributed by atoms with Gasteiger partial charge in [0.15, 0.2) is 5.65 Å². The SMILES string of the molecule is CC(C)(C)Oc1ncc(-c2cc(N3C[C@H](O)C(F)(F)C3)c3nccn3n2)c(OC(C)(C)C)n1. The molecule has 0 unspecified atom stereocenters. The van der Waals surface area contributed by atoms with Crippen LogP contribution in [0.25, 0.3) is 16.9 Å². The van der Waals surface area contributed by atoms with Crippen molar-refractivity contribution in [2.24, 2.45) is 0 Å². The number of hydrogen-bond acceptors (Lipinski definition) is 8. The maximum atomic E-state index is 14.1. The van der Waals surface area contributed by atoms with Gasteiger partial charge in [-0.3, -0.25) is 0 Å². The van der Waals surface area contributed by atoms with Crippen LogP contribution in [0.2, 0.25) is 0 Å². The molecule has 1 aliphatic heterocycles. The fraction of sp³-hybridized carbons (Fsp3) is 0.545. The van der Waals surface area contributed by atoms with E-state index in [0.717, 1.165) is 0 Å². The maximum absolute atomic E-state index is 14.1. The van der Waals surface area contributed by atoms with Gasteiger partial charge in [-0.2, -0.15) is 10.1 Å². The van der Waals surface area contributed by atoms with Crippen LogP contribution in [-0.4, -0.2) is 66.0 Å². The van der Waals surface area contributed by atoms with Crippen molar-refractivity contribution < 1.29 is 23.4 Å². The molecular weight excluding hydrogens is 434 g/mol. The lowest BCUT2D eigenvalue weighted by Crippen LogP contribution is -2.31. The van der Waals surface area contributed by atoms with Crippen LogP contribution in [0.1, 0.15) is 41.5 Å². The zero-order chi connectivity index (χ0) is 24.2. The molecule has 1 atom stereocenters. The van der Waals surface area contributed by atoms with Gasteiger partial charge in [-0.15, -0.1) is 0 Å². The number of aliphatic hydroxyl groups is 1. The topological polar surface area (TPSA) is 97.9 Å². The van der Waals surface area contributed by atoms with Crippen molar-refractivity contribution in [2.75, 3.05) is 18.0 Å². The van der Waals surface area contributed by atoms with Crippen molar-refractivity contribution >= 4 is 11.3 Å². The molecule has 1 fully saturated rings. The number of aliphatic hydroxyl groups excluding tert-OH is 1. The highest BCUT2D eigenvalue weighted by Crippen LogP contribution is 2.37. The van der Waals surface area contributed by atoms with Gasteiger partial charge in [0.25, 0.3) is 5.92 Å². The number of β-amino-alcohol motifs (C(OH)–C–C–N with tert-alkyl or cyclic N) is 1. The number of nitrogens with zero attached hydrogens (tertiary/aromatic N) is 6. The number of hydrogen-bond donors (Lipinski definition) is 1. The molecule has 3 aromatic heterocycles. The van der Waals surface area contributed by atoms with E-state index in [2.05, 4.69) is 20.1 Å². The van der Waals surface area contributed by atoms with Gasteiger partial charge in [0.1, 0.15) is 23.0 Å². The number of ether oxygens (including phenoxy) is 2. The molecule has 4 heterocycles. The first kappa shape index (κ1) is 23.1. The van der Waals surface area contributed by atoms with Crippen LogP contribution >= 0.6 is 0 Å². The average Bonchev–Trinajstić information content (AvgIpc) is 3.22. The quantitative estimate of drug-likeness (QED) is 0.630. The second-order valence-corrected chi connectivity index (χ2v) is 10.1. The zero-order valence-electron chi connectivity index (χ0n) is 19.5. The summed E-state index contributed by atoms with van der Waals surface area (Å²) in [7, 11) is 0. The minimum absolute atomic E-state index is 0.150. The van der Waals surface area contributed by atoms with E-state index < -0.39 is 29.8 Å². The van der Waals surface area contributed by atoms with E-state index in [4.69, 9.17) is 9.47 Å². The second-order valence-electron chi connectivity index (χ2n) is 10.1. The largest absolute Gasteiger partial charge is 0.471 e. The lowest BCUT2D eigenvalue weighted by Gasteiger charge is -2.24. The Labute approximate surface area is 190 Å². The van der Waals surface area contributed by atoms with Gasteiger partial charge in [0.2, 0.25) is 5.88 Å². The van der Waals surface area contributed by atoms with Gasteiger partial charge in [0, 0.05) is 18.6 Å². The smallest absolute Gasteiger partial charge is 0.320 e. The van der Waals surface area contributed by atoms with E-state index in [9.17, 15) is 13.9 Å². The fourth-order valence-electron chi connectivity index (χ4n) is 3.43. The van der Waals surface area contributed by atoms with E-state index in [1.54, 1.807) is 12.3 Å². The Balaban J connectivity index is 1.83. The van der Waals surface area contributed by atoms with Gasteiger partial charge in [-0.25, -0.2) is 23.3 Å². The van der Waals surface area contributed by atoms with Crippen molar-refractivity contribution in [1.29, 1.82) is 0 Å². The normalized spacial score (nSPS) is 18.7. The van der Waals surface area contributed by atoms with E-state index in [0.29, 0.717) is 22.6 Å². The number of alkyl halides is 2. The van der Waals surface area contributed by atoms with Crippen molar-refractivity contribution in [3.63, 3.8) is 0 Å². The Morgan fingerprint density at radius 1 is 1.09 bits per heavy atom. The molecule has 0 saturated carbocycles. The Kier molecular flexibility index (Phi) is 5.43. The molecule has 178 valence electrons. The van der Waals surface area contributed by atoms with Crippen molar-refractivity contribution in [2.45, 2.75) is 64.8 Å². The summed E-state index contributed by atoms with van der Waals surface area (Å²) in [6, 6.07) is 1.78. The third-order valence-corrected chi connectivity index (χ3v) is 4.77. The van der Waals surface area contributed by atoms with E-state index in [1.165, 1.54) is 21.8 Å². The molecular formula is C22H28F2N6O3. The van der Waals surface area contributed by atoms with Crippen LogP contribution < -0.4 is 14.4 Å². The van der Waals surface area contributed by atoms with Gasteiger partial charge in [0.05, 0.1) is 24.3 Å². The summed E-state index contributed by atoms with van der Waals surface area (Å²) in [5.41, 5.74) is 0.596. The molecule has 0 amide bonds. The van der Waals surface area contributed by atoms with Crippen LogP contribution in [0.15, 0.2) is 24.7 Å². The fourth-order valence-corrected chi connectivity index (χ4v) is 3.43. The Hall–Kier alpha value is -3.08. The predicted octanol–water partition coefficient (Wildman–Crippen LogP) is 3.36. The first-order valence-electron chi connectivity index (χ1n) is 10.6. The van der Waals surface area contributed by atoms with Gasteiger partial charge < -0.3 is 19.5 Å². The molecule has 0 spiro atoms. The number of anilines is 1. The molecule has 0 aliphatic carbocycles. The summed E-state index contributed by atoms with van der Waals surface area (Å²) in [5.74, 6) is -2.97. The summed E-state index contributed by atoms with van der Waals surface area (Å²) in [4.78, 5) is 14.4. The van der Waals surface area contributed by atoms with Crippen LogP contribution in [0.4, 0.5) is 14.5 Å². The summed E-state index contributed by atoms with van der Waals surface area (Å²) >= 11 is 0. The van der Waals surface area contributed by atoms with Crippen LogP contribution in [0.5, 0.6) is 11.9 Å².